The van der Waals surface area contributed by atoms with Gasteiger partial charge in [0, 0.05) is 6.54 Å². The number of sulfonamides is 1. The standard InChI is InChI=1S/C10H12ClF3N2O2S/c1-2-16(6-10(12,13)14)19(17,18)9-7(11)4-3-5-8(9)15/h3-5H,2,6,15H2,1H3. The van der Waals surface area contributed by atoms with E-state index in [4.69, 9.17) is 17.3 Å². The van der Waals surface area contributed by atoms with Crippen molar-refractivity contribution in [2.45, 2.75) is 18.0 Å². The second kappa shape index (κ2) is 5.56. The normalized spacial score (nSPS) is 12.9. The van der Waals surface area contributed by atoms with Gasteiger partial charge in [0.05, 0.1) is 10.7 Å². The van der Waals surface area contributed by atoms with Crippen LogP contribution in [0, 0.1) is 0 Å². The van der Waals surface area contributed by atoms with E-state index >= 15 is 0 Å². The third-order valence-electron chi connectivity index (χ3n) is 2.30. The summed E-state index contributed by atoms with van der Waals surface area (Å²) >= 11 is 5.72. The number of hydrogen-bond donors (Lipinski definition) is 1. The highest BCUT2D eigenvalue weighted by Crippen LogP contribution is 2.31. The molecule has 0 spiro atoms. The summed E-state index contributed by atoms with van der Waals surface area (Å²) in [6.45, 7) is -0.626. The van der Waals surface area contributed by atoms with E-state index in [0.29, 0.717) is 0 Å². The molecule has 0 atom stereocenters. The van der Waals surface area contributed by atoms with E-state index in [9.17, 15) is 21.6 Å². The van der Waals surface area contributed by atoms with Crippen molar-refractivity contribution in [3.63, 3.8) is 0 Å². The SMILES string of the molecule is CCN(CC(F)(F)F)S(=O)(=O)c1c(N)cccc1Cl. The average Bonchev–Trinajstić information content (AvgIpc) is 2.23. The monoisotopic (exact) mass is 316 g/mol. The number of hydrogen-bond acceptors (Lipinski definition) is 3. The van der Waals surface area contributed by atoms with Gasteiger partial charge in [0.25, 0.3) is 0 Å². The minimum atomic E-state index is -4.64. The Balaban J connectivity index is 3.29. The molecule has 19 heavy (non-hydrogen) atoms. The molecule has 2 N–H and O–H groups in total. The number of nitrogens with two attached hydrogens (primary N) is 1. The minimum absolute atomic E-state index is 0.187. The third-order valence-corrected chi connectivity index (χ3v) is 4.77. The summed E-state index contributed by atoms with van der Waals surface area (Å²) in [5.41, 5.74) is 5.31. The van der Waals surface area contributed by atoms with Crippen LogP contribution in [0.3, 0.4) is 0 Å². The van der Waals surface area contributed by atoms with E-state index in [1.807, 2.05) is 0 Å². The summed E-state index contributed by atoms with van der Waals surface area (Å²) < 4.78 is 61.7. The summed E-state index contributed by atoms with van der Waals surface area (Å²) in [4.78, 5) is -0.497. The molecule has 0 saturated carbocycles. The van der Waals surface area contributed by atoms with Crippen molar-refractivity contribution in [1.29, 1.82) is 0 Å². The number of benzene rings is 1. The second-order valence-electron chi connectivity index (χ2n) is 3.70. The van der Waals surface area contributed by atoms with Gasteiger partial charge in [0.1, 0.15) is 11.4 Å². The highest BCUT2D eigenvalue weighted by atomic mass is 35.5. The minimum Gasteiger partial charge on any atom is -0.398 e. The van der Waals surface area contributed by atoms with Gasteiger partial charge < -0.3 is 5.73 Å². The maximum Gasteiger partial charge on any atom is 0.402 e. The van der Waals surface area contributed by atoms with Gasteiger partial charge in [0.2, 0.25) is 10.0 Å². The average molecular weight is 317 g/mol. The molecule has 0 heterocycles. The summed E-state index contributed by atoms with van der Waals surface area (Å²) in [7, 11) is -4.39. The first kappa shape index (κ1) is 16.1. The lowest BCUT2D eigenvalue weighted by atomic mass is 10.3. The highest BCUT2D eigenvalue weighted by molar-refractivity contribution is 7.89. The molecule has 0 amide bonds. The van der Waals surface area contributed by atoms with E-state index in [-0.39, 0.29) is 21.6 Å². The molecule has 0 fully saturated rings. The number of nitrogen functional groups attached to an aromatic ring is 1. The molecule has 0 aliphatic carbocycles. The summed E-state index contributed by atoms with van der Waals surface area (Å²) in [5, 5.41) is -0.208. The lowest BCUT2D eigenvalue weighted by molar-refractivity contribution is -0.135. The molecule has 4 nitrogen and oxygen atoms in total. The predicted molar refractivity (Wildman–Crippen MR) is 66.4 cm³/mol. The molecule has 0 saturated heterocycles. The molecule has 108 valence electrons. The number of nitrogens with zero attached hydrogens (tertiary/aromatic N) is 1. The molecule has 0 aromatic heterocycles. The van der Waals surface area contributed by atoms with Gasteiger partial charge in [-0.3, -0.25) is 0 Å². The topological polar surface area (TPSA) is 63.4 Å². The Morgan fingerprint density at radius 3 is 2.37 bits per heavy atom. The highest BCUT2D eigenvalue weighted by Gasteiger charge is 2.37. The molecule has 1 aromatic rings. The van der Waals surface area contributed by atoms with Gasteiger partial charge in [-0.1, -0.05) is 24.6 Å². The van der Waals surface area contributed by atoms with Crippen molar-refractivity contribution in [2.75, 3.05) is 18.8 Å². The number of anilines is 1. The van der Waals surface area contributed by atoms with Crippen LogP contribution in [0.2, 0.25) is 5.02 Å². The van der Waals surface area contributed by atoms with Crippen LogP contribution in [0.5, 0.6) is 0 Å². The fraction of sp³-hybridized carbons (Fsp3) is 0.400. The van der Waals surface area contributed by atoms with Crippen molar-refractivity contribution >= 4 is 27.3 Å². The van der Waals surface area contributed by atoms with Crippen molar-refractivity contribution in [3.05, 3.63) is 23.2 Å². The van der Waals surface area contributed by atoms with Crippen LogP contribution in [-0.2, 0) is 10.0 Å². The Labute approximate surface area is 114 Å². The third kappa shape index (κ3) is 3.74. The van der Waals surface area contributed by atoms with E-state index in [2.05, 4.69) is 0 Å². The maximum absolute atomic E-state index is 12.4. The zero-order valence-corrected chi connectivity index (χ0v) is 11.5. The van der Waals surface area contributed by atoms with Gasteiger partial charge in [-0.15, -0.1) is 0 Å². The van der Waals surface area contributed by atoms with Crippen molar-refractivity contribution in [1.82, 2.24) is 4.31 Å². The Bertz CT molecular complexity index is 540. The van der Waals surface area contributed by atoms with Crippen LogP contribution in [0.4, 0.5) is 18.9 Å². The van der Waals surface area contributed by atoms with Gasteiger partial charge in [-0.05, 0) is 12.1 Å². The Morgan fingerprint density at radius 1 is 1.37 bits per heavy atom. The number of rotatable bonds is 4. The summed E-state index contributed by atoms with van der Waals surface area (Å²) in [6.07, 6.45) is -4.64. The predicted octanol–water partition coefficient (Wildman–Crippen LogP) is 2.50. The van der Waals surface area contributed by atoms with Crippen LogP contribution in [0.15, 0.2) is 23.1 Å². The Kier molecular flexibility index (Phi) is 4.70. The molecule has 0 aliphatic rings. The smallest absolute Gasteiger partial charge is 0.398 e. The first-order valence-corrected chi connectivity index (χ1v) is 7.02. The van der Waals surface area contributed by atoms with Crippen LogP contribution < -0.4 is 5.73 Å². The van der Waals surface area contributed by atoms with E-state index in [1.54, 1.807) is 0 Å². The van der Waals surface area contributed by atoms with Crippen LogP contribution in [-0.4, -0.2) is 32.0 Å². The maximum atomic E-state index is 12.4. The molecule has 1 rings (SSSR count). The molecule has 9 heteroatoms. The van der Waals surface area contributed by atoms with E-state index in [1.165, 1.54) is 25.1 Å². The first-order valence-electron chi connectivity index (χ1n) is 5.20. The molecule has 0 radical (unpaired) electrons. The van der Waals surface area contributed by atoms with Gasteiger partial charge in [0.15, 0.2) is 0 Å². The molecule has 1 aromatic carbocycles. The lowest BCUT2D eigenvalue weighted by Crippen LogP contribution is -2.39. The molecule has 0 bridgehead atoms. The van der Waals surface area contributed by atoms with Crippen LogP contribution >= 0.6 is 11.6 Å². The van der Waals surface area contributed by atoms with E-state index < -0.39 is 27.6 Å². The Morgan fingerprint density at radius 2 is 1.95 bits per heavy atom. The molecular formula is C10H12ClF3N2O2S. The second-order valence-corrected chi connectivity index (χ2v) is 5.99. The fourth-order valence-corrected chi connectivity index (χ4v) is 3.56. The van der Waals surface area contributed by atoms with Crippen LogP contribution in [0.1, 0.15) is 6.92 Å². The number of alkyl halides is 3. The largest absolute Gasteiger partial charge is 0.402 e. The summed E-state index contributed by atoms with van der Waals surface area (Å²) in [6, 6.07) is 3.93. The van der Waals surface area contributed by atoms with Crippen molar-refractivity contribution in [3.8, 4) is 0 Å². The molecule has 0 aliphatic heterocycles. The van der Waals surface area contributed by atoms with Gasteiger partial charge >= 0.3 is 6.18 Å². The lowest BCUT2D eigenvalue weighted by Gasteiger charge is -2.23. The fourth-order valence-electron chi connectivity index (χ4n) is 1.49. The van der Waals surface area contributed by atoms with E-state index in [0.717, 1.165) is 0 Å². The zero-order chi connectivity index (χ0) is 14.8. The molecular weight excluding hydrogens is 305 g/mol. The van der Waals surface area contributed by atoms with Gasteiger partial charge in [-0.2, -0.15) is 17.5 Å². The summed E-state index contributed by atoms with van der Waals surface area (Å²) in [5.74, 6) is 0. The quantitative estimate of drug-likeness (QED) is 0.868. The first-order chi connectivity index (χ1) is 8.59. The zero-order valence-electron chi connectivity index (χ0n) is 9.91. The Hall–Kier alpha value is -0.990. The van der Waals surface area contributed by atoms with Crippen molar-refractivity contribution in [2.24, 2.45) is 0 Å². The van der Waals surface area contributed by atoms with Crippen LogP contribution in [0.25, 0.3) is 0 Å². The number of halogens is 4. The molecule has 0 unspecified atom stereocenters. The van der Waals surface area contributed by atoms with Crippen molar-refractivity contribution < 1.29 is 21.6 Å². The van der Waals surface area contributed by atoms with Gasteiger partial charge in [-0.25, -0.2) is 8.42 Å².